The molecule has 0 heterocycles. The van der Waals surface area contributed by atoms with E-state index in [1.54, 1.807) is 0 Å². The molecule has 1 heteroatoms. The largest absolute Gasteiger partial charge is 0.852 e. The molecule has 0 aromatic heterocycles. The summed E-state index contributed by atoms with van der Waals surface area (Å²) in [7, 11) is 0. The molecule has 0 aliphatic heterocycles. The van der Waals surface area contributed by atoms with Gasteiger partial charge in [-0.15, -0.1) is 6.10 Å². The molecule has 1 saturated carbocycles. The lowest BCUT2D eigenvalue weighted by Gasteiger charge is -2.09. The first-order valence-corrected chi connectivity index (χ1v) is 2.29. The fourth-order valence-corrected chi connectivity index (χ4v) is 0.653. The Labute approximate surface area is 38.0 Å². The quantitative estimate of drug-likeness (QED) is 0.403. The third-order valence-electron chi connectivity index (χ3n) is 1.02. The molecule has 2 radical (unpaired) electrons. The van der Waals surface area contributed by atoms with Crippen LogP contribution in [0, 0.1) is 6.42 Å². The second-order valence-electron chi connectivity index (χ2n) is 1.58. The molecule has 1 aliphatic rings. The van der Waals surface area contributed by atoms with Crippen LogP contribution in [0.5, 0.6) is 0 Å². The molecule has 1 aliphatic carbocycles. The van der Waals surface area contributed by atoms with Crippen LogP contribution in [0.25, 0.3) is 0 Å². The maximum Gasteiger partial charge on any atom is -0.0319 e. The lowest BCUT2D eigenvalue weighted by atomic mass is 10.3. The van der Waals surface area contributed by atoms with Crippen LogP contribution >= 0.6 is 0 Å². The molecule has 0 amide bonds. The minimum Gasteiger partial charge on any atom is -0.852 e. The van der Waals surface area contributed by atoms with Crippen molar-refractivity contribution in [2.24, 2.45) is 0 Å². The van der Waals surface area contributed by atoms with Crippen molar-refractivity contribution in [1.82, 2.24) is 0 Å². The van der Waals surface area contributed by atoms with Gasteiger partial charge >= 0.3 is 0 Å². The van der Waals surface area contributed by atoms with E-state index in [1.165, 1.54) is 0 Å². The number of hydrogen-bond donors (Lipinski definition) is 0. The summed E-state index contributed by atoms with van der Waals surface area (Å²) in [5, 5.41) is 10.2. The summed E-state index contributed by atoms with van der Waals surface area (Å²) < 4.78 is 0. The predicted octanol–water partition coefficient (Wildman–Crippen LogP) is -0.0195. The van der Waals surface area contributed by atoms with Crippen LogP contribution < -0.4 is 5.11 Å². The summed E-state index contributed by atoms with van der Waals surface area (Å²) >= 11 is 0. The van der Waals surface area contributed by atoms with Crippen molar-refractivity contribution in [1.29, 1.82) is 0 Å². The third-order valence-corrected chi connectivity index (χ3v) is 1.02. The second-order valence-corrected chi connectivity index (χ2v) is 1.58. The molecule has 0 saturated heterocycles. The first-order valence-electron chi connectivity index (χ1n) is 2.29. The molecular weight excluding hydrogens is 76.1 g/mol. The van der Waals surface area contributed by atoms with Crippen molar-refractivity contribution in [3.63, 3.8) is 0 Å². The van der Waals surface area contributed by atoms with Crippen LogP contribution in [0.2, 0.25) is 0 Å². The Balaban J connectivity index is 2.18. The van der Waals surface area contributed by atoms with Crippen molar-refractivity contribution in [3.05, 3.63) is 6.42 Å². The van der Waals surface area contributed by atoms with Crippen molar-refractivity contribution in [2.75, 3.05) is 0 Å². The Hall–Kier alpha value is -0.0400. The highest BCUT2D eigenvalue weighted by atomic mass is 16.3. The van der Waals surface area contributed by atoms with Gasteiger partial charge in [0.05, 0.1) is 0 Å². The third kappa shape index (κ3) is 0.716. The molecule has 1 unspecified atom stereocenters. The predicted molar refractivity (Wildman–Crippen MR) is 20.9 cm³/mol. The Kier molecular flexibility index (Phi) is 1.10. The van der Waals surface area contributed by atoms with Gasteiger partial charge in [-0.25, -0.2) is 0 Å². The normalized spacial score (nSPS) is 25.5. The molecule has 34 valence electrons. The first kappa shape index (κ1) is 4.13. The Bertz CT molecular complexity index is 37.2. The van der Waals surface area contributed by atoms with Crippen LogP contribution in [0.1, 0.15) is 19.3 Å². The lowest BCUT2D eigenvalue weighted by molar-refractivity contribution is -0.405. The van der Waals surface area contributed by atoms with Gasteiger partial charge in [0, 0.05) is 0 Å². The van der Waals surface area contributed by atoms with E-state index in [-0.39, 0.29) is 0 Å². The Morgan fingerprint density at radius 1 is 1.67 bits per heavy atom. The topological polar surface area (TPSA) is 23.1 Å². The SMILES string of the molecule is [O-]C1[C]CCC1. The smallest absolute Gasteiger partial charge is 0.0319 e. The van der Waals surface area contributed by atoms with Crippen LogP contribution in [-0.4, -0.2) is 6.10 Å². The molecule has 0 N–H and O–H groups in total. The van der Waals surface area contributed by atoms with Crippen molar-refractivity contribution in [2.45, 2.75) is 25.4 Å². The number of hydrogen-bond acceptors (Lipinski definition) is 1. The molecule has 6 heavy (non-hydrogen) atoms. The maximum atomic E-state index is 10.2. The van der Waals surface area contributed by atoms with E-state index in [2.05, 4.69) is 6.42 Å². The summed E-state index contributed by atoms with van der Waals surface area (Å²) in [6, 6.07) is 0. The van der Waals surface area contributed by atoms with Crippen LogP contribution in [0.4, 0.5) is 0 Å². The van der Waals surface area contributed by atoms with Gasteiger partial charge in [-0.3, -0.25) is 0 Å². The van der Waals surface area contributed by atoms with E-state index in [0.717, 1.165) is 19.3 Å². The van der Waals surface area contributed by atoms with Gasteiger partial charge in [-0.2, -0.15) is 0 Å². The second kappa shape index (κ2) is 1.61. The number of rotatable bonds is 0. The highest BCUT2D eigenvalue weighted by Crippen LogP contribution is 2.13. The average molecular weight is 83.1 g/mol. The standard InChI is InChI=1S/C5H7O/c6-5-3-1-2-4-5/h5H,1-3H2/q-1. The van der Waals surface area contributed by atoms with Crippen LogP contribution in [0.15, 0.2) is 0 Å². The monoisotopic (exact) mass is 83.1 g/mol. The van der Waals surface area contributed by atoms with Crippen molar-refractivity contribution >= 4 is 0 Å². The van der Waals surface area contributed by atoms with Gasteiger partial charge in [0.2, 0.25) is 0 Å². The first-order chi connectivity index (χ1) is 2.89. The molecule has 1 nitrogen and oxygen atoms in total. The minimum atomic E-state index is -0.454. The van der Waals surface area contributed by atoms with Gasteiger partial charge in [-0.1, -0.05) is 12.8 Å². The van der Waals surface area contributed by atoms with E-state index in [0.29, 0.717) is 0 Å². The Morgan fingerprint density at radius 2 is 2.50 bits per heavy atom. The minimum absolute atomic E-state index is 0.454. The molecule has 0 bridgehead atoms. The van der Waals surface area contributed by atoms with E-state index in [1.807, 2.05) is 0 Å². The molecule has 1 rings (SSSR count). The fourth-order valence-electron chi connectivity index (χ4n) is 0.653. The van der Waals surface area contributed by atoms with E-state index in [4.69, 9.17) is 0 Å². The highest BCUT2D eigenvalue weighted by molar-refractivity contribution is 4.80. The van der Waals surface area contributed by atoms with Crippen LogP contribution in [0.3, 0.4) is 0 Å². The zero-order valence-corrected chi connectivity index (χ0v) is 3.61. The molecule has 1 fully saturated rings. The van der Waals surface area contributed by atoms with Crippen molar-refractivity contribution < 1.29 is 5.11 Å². The van der Waals surface area contributed by atoms with Crippen molar-refractivity contribution in [3.8, 4) is 0 Å². The summed E-state index contributed by atoms with van der Waals surface area (Å²) in [5.41, 5.74) is 0. The maximum absolute atomic E-state index is 10.2. The van der Waals surface area contributed by atoms with Gasteiger partial charge in [-0.05, 0) is 12.8 Å². The zero-order chi connectivity index (χ0) is 4.41. The average Bonchev–Trinajstić information content (AvgIpc) is 1.86. The zero-order valence-electron chi connectivity index (χ0n) is 3.61. The van der Waals surface area contributed by atoms with E-state index in [9.17, 15) is 5.11 Å². The molecule has 0 aromatic carbocycles. The van der Waals surface area contributed by atoms with Gasteiger partial charge in [0.15, 0.2) is 0 Å². The molecule has 0 aromatic rings. The lowest BCUT2D eigenvalue weighted by Crippen LogP contribution is -2.19. The van der Waals surface area contributed by atoms with E-state index >= 15 is 0 Å². The van der Waals surface area contributed by atoms with Gasteiger partial charge in [0.25, 0.3) is 0 Å². The summed E-state index contributed by atoms with van der Waals surface area (Å²) in [4.78, 5) is 0. The summed E-state index contributed by atoms with van der Waals surface area (Å²) in [6.45, 7) is 0. The summed E-state index contributed by atoms with van der Waals surface area (Å²) in [5.74, 6) is 0. The molecule has 0 spiro atoms. The van der Waals surface area contributed by atoms with Gasteiger partial charge < -0.3 is 5.11 Å². The van der Waals surface area contributed by atoms with Crippen LogP contribution in [-0.2, 0) is 0 Å². The molecule has 1 atom stereocenters. The fraction of sp³-hybridized carbons (Fsp3) is 0.800. The molecular formula is C5H7O-. The highest BCUT2D eigenvalue weighted by Gasteiger charge is 2.02. The van der Waals surface area contributed by atoms with E-state index < -0.39 is 6.10 Å². The van der Waals surface area contributed by atoms with Gasteiger partial charge in [0.1, 0.15) is 0 Å². The summed E-state index contributed by atoms with van der Waals surface area (Å²) in [6.07, 6.45) is 5.12. The Morgan fingerprint density at radius 3 is 2.67 bits per heavy atom.